The minimum Gasteiger partial charge on any atom is -0.459 e. The van der Waals surface area contributed by atoms with Gasteiger partial charge in [-0.1, -0.05) is 27.7 Å². The summed E-state index contributed by atoms with van der Waals surface area (Å²) < 4.78 is 17.7. The first-order chi connectivity index (χ1) is 28.2. The van der Waals surface area contributed by atoms with Crippen LogP contribution in [0.4, 0.5) is 16.5 Å². The highest BCUT2D eigenvalue weighted by atomic mass is 32.2. The molecule has 20 heteroatoms. The number of thiazole rings is 1. The van der Waals surface area contributed by atoms with Crippen molar-refractivity contribution in [3.63, 3.8) is 0 Å². The van der Waals surface area contributed by atoms with Gasteiger partial charge in [-0.05, 0) is 60.4 Å². The SMILES string of the molecule is C[C@@H](O[Si](C)(C)C(C)(C)C)[C@H]1C(=O)N2C(C(=O)OCc3ccc([N+](=O)[O-])cc3)=C(SC3CN(c4nc(C(=O)N(C)CC(=O)OCc5ccc([N+](=O)[O-])cc5)cs4)C3)[C@H](C)[C@H]12. The Labute approximate surface area is 356 Å². The van der Waals surface area contributed by atoms with Crippen molar-refractivity contribution in [2.24, 2.45) is 11.8 Å². The van der Waals surface area contributed by atoms with Crippen molar-refractivity contribution in [2.45, 2.75) is 83.4 Å². The quantitative estimate of drug-likeness (QED) is 0.0493. The van der Waals surface area contributed by atoms with E-state index in [0.717, 1.165) is 4.91 Å². The van der Waals surface area contributed by atoms with Crippen LogP contribution >= 0.6 is 23.1 Å². The molecule has 2 saturated heterocycles. The zero-order chi connectivity index (χ0) is 43.8. The van der Waals surface area contributed by atoms with Gasteiger partial charge in [0, 0.05) is 65.9 Å². The maximum atomic E-state index is 13.9. The minimum atomic E-state index is -2.22. The number of amides is 2. The Bertz CT molecular complexity index is 2200. The van der Waals surface area contributed by atoms with Gasteiger partial charge >= 0.3 is 11.9 Å². The molecule has 320 valence electrons. The second-order valence-corrected chi connectivity index (χ2v) is 23.6. The number of hydrogen-bond acceptors (Lipinski definition) is 15. The van der Waals surface area contributed by atoms with Gasteiger partial charge in [-0.15, -0.1) is 23.1 Å². The van der Waals surface area contributed by atoms with E-state index in [1.807, 2.05) is 18.7 Å². The number of esters is 2. The Morgan fingerprint density at radius 2 is 1.53 bits per heavy atom. The van der Waals surface area contributed by atoms with Gasteiger partial charge in [0.15, 0.2) is 13.4 Å². The van der Waals surface area contributed by atoms with Crippen molar-refractivity contribution in [3.8, 4) is 0 Å². The molecule has 3 aliphatic rings. The molecule has 1 aromatic heterocycles. The van der Waals surface area contributed by atoms with Crippen molar-refractivity contribution in [1.29, 1.82) is 0 Å². The van der Waals surface area contributed by atoms with Crippen molar-refractivity contribution in [1.82, 2.24) is 14.8 Å². The summed E-state index contributed by atoms with van der Waals surface area (Å²) in [5.74, 6) is -2.57. The topological polar surface area (TPSA) is 205 Å². The van der Waals surface area contributed by atoms with Crippen LogP contribution in [0.15, 0.2) is 64.5 Å². The van der Waals surface area contributed by atoms with Crippen molar-refractivity contribution < 1.29 is 42.9 Å². The highest BCUT2D eigenvalue weighted by molar-refractivity contribution is 8.03. The highest BCUT2D eigenvalue weighted by Crippen LogP contribution is 2.53. The second-order valence-electron chi connectivity index (χ2n) is 16.7. The molecule has 0 radical (unpaired) electrons. The number of benzene rings is 2. The molecule has 4 heterocycles. The Morgan fingerprint density at radius 1 is 0.983 bits per heavy atom. The lowest BCUT2D eigenvalue weighted by Gasteiger charge is -2.50. The Kier molecular flexibility index (Phi) is 12.9. The fraction of sp³-hybridized carbons (Fsp3) is 0.475. The van der Waals surface area contributed by atoms with Gasteiger partial charge < -0.3 is 28.6 Å². The van der Waals surface area contributed by atoms with Crippen molar-refractivity contribution in [2.75, 3.05) is 31.6 Å². The third kappa shape index (κ3) is 9.25. The fourth-order valence-corrected chi connectivity index (χ4v) is 10.8. The number of anilines is 1. The first kappa shape index (κ1) is 44.4. The number of rotatable bonds is 16. The normalized spacial score (nSPS) is 19.6. The molecule has 0 aliphatic carbocycles. The lowest BCUT2D eigenvalue weighted by Crippen LogP contribution is -2.65. The number of nitro groups is 2. The molecule has 2 aromatic carbocycles. The molecule has 0 spiro atoms. The number of aromatic nitrogens is 1. The van der Waals surface area contributed by atoms with E-state index in [0.29, 0.717) is 29.3 Å². The first-order valence-corrected chi connectivity index (χ1v) is 24.0. The average Bonchev–Trinajstić information content (AvgIpc) is 3.74. The molecule has 0 saturated carbocycles. The van der Waals surface area contributed by atoms with Crippen LogP contribution in [0.25, 0.3) is 0 Å². The van der Waals surface area contributed by atoms with Gasteiger partial charge in [0.2, 0.25) is 5.91 Å². The molecule has 17 nitrogen and oxygen atoms in total. The second kappa shape index (κ2) is 17.4. The zero-order valence-electron chi connectivity index (χ0n) is 34.6. The molecule has 60 heavy (non-hydrogen) atoms. The number of nitro benzene ring substituents is 2. The summed E-state index contributed by atoms with van der Waals surface area (Å²) >= 11 is 2.82. The summed E-state index contributed by atoms with van der Waals surface area (Å²) in [6.07, 6.45) is -0.364. The van der Waals surface area contributed by atoms with E-state index in [1.54, 1.807) is 10.3 Å². The molecule has 3 aromatic rings. The van der Waals surface area contributed by atoms with Gasteiger partial charge in [0.05, 0.1) is 27.9 Å². The van der Waals surface area contributed by atoms with E-state index in [1.165, 1.54) is 83.6 Å². The Hall–Kier alpha value is -5.18. The van der Waals surface area contributed by atoms with Gasteiger partial charge in [-0.3, -0.25) is 34.6 Å². The number of fused-ring (bicyclic) bond motifs is 1. The van der Waals surface area contributed by atoms with Gasteiger partial charge in [0.1, 0.15) is 31.1 Å². The summed E-state index contributed by atoms with van der Waals surface area (Å²) in [6.45, 7) is 15.3. The molecule has 0 bridgehead atoms. The smallest absolute Gasteiger partial charge is 0.356 e. The van der Waals surface area contributed by atoms with Crippen LogP contribution in [0, 0.1) is 32.1 Å². The lowest BCUT2D eigenvalue weighted by molar-refractivity contribution is -0.385. The molecule has 0 unspecified atom stereocenters. The summed E-state index contributed by atoms with van der Waals surface area (Å²) in [6, 6.07) is 11.1. The molecule has 2 amide bonds. The molecule has 2 fully saturated rings. The van der Waals surface area contributed by atoms with Crippen LogP contribution in [-0.4, -0.2) is 101 Å². The molecule has 4 atom stereocenters. The third-order valence-corrected chi connectivity index (χ3v) is 18.4. The average molecular weight is 881 g/mol. The van der Waals surface area contributed by atoms with Crippen LogP contribution in [0.2, 0.25) is 18.1 Å². The van der Waals surface area contributed by atoms with Crippen molar-refractivity contribution in [3.05, 3.63) is 102 Å². The van der Waals surface area contributed by atoms with Gasteiger partial charge in [0.25, 0.3) is 17.3 Å². The number of ether oxygens (including phenoxy) is 2. The Balaban J connectivity index is 1.09. The van der Waals surface area contributed by atoms with E-state index in [9.17, 15) is 39.4 Å². The monoisotopic (exact) mass is 880 g/mol. The van der Waals surface area contributed by atoms with E-state index < -0.39 is 41.9 Å². The van der Waals surface area contributed by atoms with Gasteiger partial charge in [-0.2, -0.15) is 0 Å². The van der Waals surface area contributed by atoms with Crippen molar-refractivity contribution >= 4 is 71.7 Å². The van der Waals surface area contributed by atoms with Crippen LogP contribution in [0.3, 0.4) is 0 Å². The molecule has 6 rings (SSSR count). The summed E-state index contributed by atoms with van der Waals surface area (Å²) in [5, 5.41) is 24.2. The van der Waals surface area contributed by atoms with E-state index in [-0.39, 0.29) is 76.8 Å². The third-order valence-electron chi connectivity index (χ3n) is 11.5. The van der Waals surface area contributed by atoms with Crippen LogP contribution in [-0.2, 0) is 41.5 Å². The number of non-ortho nitro benzene ring substituents is 2. The van der Waals surface area contributed by atoms with E-state index in [2.05, 4.69) is 38.8 Å². The molecular weight excluding hydrogens is 833 g/mol. The number of likely N-dealkylation sites (N-methyl/N-ethyl adjacent to an activating group) is 1. The predicted molar refractivity (Wildman–Crippen MR) is 227 cm³/mol. The summed E-state index contributed by atoms with van der Waals surface area (Å²) in [5.41, 5.74) is 1.37. The largest absolute Gasteiger partial charge is 0.459 e. The van der Waals surface area contributed by atoms with Gasteiger partial charge in [-0.25, -0.2) is 9.78 Å². The number of carbonyl (C=O) groups is 4. The number of hydrogen-bond donors (Lipinski definition) is 0. The van der Waals surface area contributed by atoms with Crippen LogP contribution in [0.1, 0.15) is 56.2 Å². The van der Waals surface area contributed by atoms with E-state index in [4.69, 9.17) is 13.9 Å². The predicted octanol–water partition coefficient (Wildman–Crippen LogP) is 6.54. The molecule has 3 aliphatic heterocycles. The number of nitrogens with zero attached hydrogens (tertiary/aromatic N) is 6. The molecular formula is C40H48N6O11S2Si. The number of β-lactam (4-membered cyclic amide) rings is 1. The maximum Gasteiger partial charge on any atom is 0.356 e. The summed E-state index contributed by atoms with van der Waals surface area (Å²) in [7, 11) is -0.755. The standard InChI is InChI=1S/C40H48N6O11S2Si/c1-23-33-32(24(2)57-60(7,8)40(3,4)5)37(49)44(33)34(38(50)56-21-26-11-15-28(16-12-26)46(53)54)35(23)59-29-17-43(18-29)39-41-30(22-58-39)36(48)42(6)19-31(47)55-20-25-9-13-27(14-10-25)45(51)52/h9-16,22-24,29,32-33H,17-21H2,1-8H3/t23-,24-,32-,33-/m1/s1. The highest BCUT2D eigenvalue weighted by Gasteiger charge is 2.61. The van der Waals surface area contributed by atoms with Crippen LogP contribution < -0.4 is 4.90 Å². The fourth-order valence-electron chi connectivity index (χ4n) is 7.04. The van der Waals surface area contributed by atoms with E-state index >= 15 is 0 Å². The minimum absolute atomic E-state index is 0.0318. The number of carbonyl (C=O) groups excluding carboxylic acids is 4. The first-order valence-electron chi connectivity index (χ1n) is 19.3. The lowest BCUT2D eigenvalue weighted by atomic mass is 9.79. The summed E-state index contributed by atoms with van der Waals surface area (Å²) in [4.78, 5) is 84.5. The zero-order valence-corrected chi connectivity index (χ0v) is 37.2. The van der Waals surface area contributed by atoms with Crippen LogP contribution in [0.5, 0.6) is 0 Å². The Morgan fingerprint density at radius 3 is 2.07 bits per heavy atom. The number of thioether (sulfide) groups is 1. The molecule has 0 N–H and O–H groups in total. The maximum absolute atomic E-state index is 13.9.